The first-order valence-corrected chi connectivity index (χ1v) is 3.89. The van der Waals surface area contributed by atoms with Crippen molar-refractivity contribution in [2.75, 3.05) is 7.11 Å². The second-order valence-electron chi connectivity index (χ2n) is 2.76. The molecule has 0 fully saturated rings. The molecule has 0 amide bonds. The fourth-order valence-electron chi connectivity index (χ4n) is 0.994. The Bertz CT molecular complexity index is 231. The molecule has 1 N–H and O–H groups in total. The van der Waals surface area contributed by atoms with Gasteiger partial charge < -0.3 is 9.84 Å². The van der Waals surface area contributed by atoms with Crippen LogP contribution in [-0.2, 0) is 6.42 Å². The van der Waals surface area contributed by atoms with Crippen molar-refractivity contribution in [2.24, 2.45) is 0 Å². The van der Waals surface area contributed by atoms with Crippen molar-refractivity contribution in [3.05, 3.63) is 23.9 Å². The van der Waals surface area contributed by atoms with Crippen molar-refractivity contribution in [1.29, 1.82) is 0 Å². The topological polar surface area (TPSA) is 42.4 Å². The van der Waals surface area contributed by atoms with Gasteiger partial charge in [-0.25, -0.2) is 4.98 Å². The molecule has 1 atom stereocenters. The molecule has 0 saturated carbocycles. The first-order valence-electron chi connectivity index (χ1n) is 3.89. The van der Waals surface area contributed by atoms with E-state index in [1.165, 1.54) is 0 Å². The fourth-order valence-corrected chi connectivity index (χ4v) is 0.994. The second kappa shape index (κ2) is 4.07. The zero-order valence-electron chi connectivity index (χ0n) is 7.32. The molecule has 0 aliphatic heterocycles. The number of aliphatic hydroxyl groups is 1. The van der Waals surface area contributed by atoms with E-state index in [2.05, 4.69) is 4.98 Å². The molecule has 0 saturated heterocycles. The summed E-state index contributed by atoms with van der Waals surface area (Å²) in [5, 5.41) is 9.07. The Hall–Kier alpha value is -1.09. The molecular formula is C9H13NO2. The van der Waals surface area contributed by atoms with Crippen molar-refractivity contribution in [3.63, 3.8) is 0 Å². The predicted molar refractivity (Wildman–Crippen MR) is 46.2 cm³/mol. The lowest BCUT2D eigenvalue weighted by molar-refractivity contribution is 0.195. The summed E-state index contributed by atoms with van der Waals surface area (Å²) in [6.07, 6.45) is 2.03. The van der Waals surface area contributed by atoms with Crippen LogP contribution in [0.1, 0.15) is 12.5 Å². The van der Waals surface area contributed by atoms with Crippen LogP contribution in [-0.4, -0.2) is 23.3 Å². The van der Waals surface area contributed by atoms with Gasteiger partial charge in [-0.15, -0.1) is 0 Å². The van der Waals surface area contributed by atoms with Crippen molar-refractivity contribution >= 4 is 0 Å². The van der Waals surface area contributed by atoms with Crippen LogP contribution in [0.25, 0.3) is 0 Å². The summed E-state index contributed by atoms with van der Waals surface area (Å²) in [7, 11) is 1.58. The normalized spacial score (nSPS) is 12.6. The third-order valence-corrected chi connectivity index (χ3v) is 1.54. The molecule has 0 aliphatic rings. The summed E-state index contributed by atoms with van der Waals surface area (Å²) in [5.41, 5.74) is 1.02. The molecule has 0 radical (unpaired) electrons. The molecule has 0 spiro atoms. The molecule has 66 valence electrons. The number of rotatable bonds is 3. The minimum Gasteiger partial charge on any atom is -0.481 e. The van der Waals surface area contributed by atoms with Crippen molar-refractivity contribution in [1.82, 2.24) is 4.98 Å². The summed E-state index contributed by atoms with van der Waals surface area (Å²) in [4.78, 5) is 4.02. The number of hydrogen-bond donors (Lipinski definition) is 1. The summed E-state index contributed by atoms with van der Waals surface area (Å²) in [5.74, 6) is 0.601. The fraction of sp³-hybridized carbons (Fsp3) is 0.444. The van der Waals surface area contributed by atoms with Crippen LogP contribution in [0, 0.1) is 0 Å². The van der Waals surface area contributed by atoms with Gasteiger partial charge in [0, 0.05) is 12.3 Å². The van der Waals surface area contributed by atoms with Crippen LogP contribution >= 0.6 is 0 Å². The maximum absolute atomic E-state index is 9.07. The van der Waals surface area contributed by atoms with Gasteiger partial charge in [-0.3, -0.25) is 0 Å². The highest BCUT2D eigenvalue weighted by Crippen LogP contribution is 2.08. The summed E-state index contributed by atoms with van der Waals surface area (Å²) >= 11 is 0. The summed E-state index contributed by atoms with van der Waals surface area (Å²) < 4.78 is 4.90. The Morgan fingerprint density at radius 2 is 2.33 bits per heavy atom. The Balaban J connectivity index is 2.65. The van der Waals surface area contributed by atoms with Crippen molar-refractivity contribution < 1.29 is 9.84 Å². The van der Waals surface area contributed by atoms with Gasteiger partial charge in [0.05, 0.1) is 13.2 Å². The van der Waals surface area contributed by atoms with E-state index in [1.54, 1.807) is 26.3 Å². The molecule has 1 aromatic heterocycles. The van der Waals surface area contributed by atoms with E-state index in [0.717, 1.165) is 5.56 Å². The molecule has 1 aromatic rings. The van der Waals surface area contributed by atoms with E-state index in [1.807, 2.05) is 6.07 Å². The van der Waals surface area contributed by atoms with Crippen LogP contribution < -0.4 is 4.74 Å². The first kappa shape index (κ1) is 9.00. The molecule has 3 heteroatoms. The second-order valence-corrected chi connectivity index (χ2v) is 2.76. The Labute approximate surface area is 72.0 Å². The summed E-state index contributed by atoms with van der Waals surface area (Å²) in [6.45, 7) is 1.75. The van der Waals surface area contributed by atoms with Gasteiger partial charge >= 0.3 is 0 Å². The molecule has 1 heterocycles. The third kappa shape index (κ3) is 2.51. The molecule has 1 unspecified atom stereocenters. The molecule has 12 heavy (non-hydrogen) atoms. The standard InChI is InChI=1S/C9H13NO2/c1-7(11)5-8-3-4-9(12-2)10-6-8/h3-4,6-7,11H,5H2,1-2H3. The lowest BCUT2D eigenvalue weighted by Crippen LogP contribution is -2.04. The quantitative estimate of drug-likeness (QED) is 0.730. The number of aromatic nitrogens is 1. The zero-order valence-corrected chi connectivity index (χ0v) is 7.32. The van der Waals surface area contributed by atoms with Crippen LogP contribution in [0.15, 0.2) is 18.3 Å². The third-order valence-electron chi connectivity index (χ3n) is 1.54. The number of pyridine rings is 1. The average Bonchev–Trinajstić information content (AvgIpc) is 2.05. The number of nitrogens with zero attached hydrogens (tertiary/aromatic N) is 1. The minimum atomic E-state index is -0.319. The average molecular weight is 167 g/mol. The van der Waals surface area contributed by atoms with Crippen molar-refractivity contribution in [3.8, 4) is 5.88 Å². The number of aliphatic hydroxyl groups excluding tert-OH is 1. The van der Waals surface area contributed by atoms with Crippen LogP contribution in [0.3, 0.4) is 0 Å². The Morgan fingerprint density at radius 3 is 2.75 bits per heavy atom. The SMILES string of the molecule is COc1ccc(CC(C)O)cn1. The molecule has 0 aliphatic carbocycles. The molecular weight excluding hydrogens is 154 g/mol. The molecule has 0 bridgehead atoms. The van der Waals surface area contributed by atoms with E-state index in [4.69, 9.17) is 9.84 Å². The van der Waals surface area contributed by atoms with Gasteiger partial charge in [-0.05, 0) is 18.9 Å². The largest absolute Gasteiger partial charge is 0.481 e. The zero-order chi connectivity index (χ0) is 8.97. The highest BCUT2D eigenvalue weighted by molar-refractivity contribution is 5.18. The van der Waals surface area contributed by atoms with E-state index < -0.39 is 0 Å². The molecule has 3 nitrogen and oxygen atoms in total. The van der Waals surface area contributed by atoms with Crippen LogP contribution in [0.2, 0.25) is 0 Å². The predicted octanol–water partition coefficient (Wildman–Crippen LogP) is 1.01. The molecule has 1 rings (SSSR count). The van der Waals surface area contributed by atoms with Gasteiger partial charge in [-0.2, -0.15) is 0 Å². The lowest BCUT2D eigenvalue weighted by Gasteiger charge is -2.04. The maximum atomic E-state index is 9.07. The van der Waals surface area contributed by atoms with Gasteiger partial charge in [0.2, 0.25) is 5.88 Å². The van der Waals surface area contributed by atoms with Gasteiger partial charge in [0.15, 0.2) is 0 Å². The number of hydrogen-bond acceptors (Lipinski definition) is 3. The van der Waals surface area contributed by atoms with E-state index >= 15 is 0 Å². The van der Waals surface area contributed by atoms with Crippen LogP contribution in [0.5, 0.6) is 5.88 Å². The molecule has 0 aromatic carbocycles. The monoisotopic (exact) mass is 167 g/mol. The van der Waals surface area contributed by atoms with E-state index in [9.17, 15) is 0 Å². The minimum absolute atomic E-state index is 0.319. The maximum Gasteiger partial charge on any atom is 0.212 e. The van der Waals surface area contributed by atoms with Crippen molar-refractivity contribution in [2.45, 2.75) is 19.4 Å². The first-order chi connectivity index (χ1) is 5.72. The van der Waals surface area contributed by atoms with E-state index in [-0.39, 0.29) is 6.10 Å². The van der Waals surface area contributed by atoms with E-state index in [0.29, 0.717) is 12.3 Å². The highest BCUT2D eigenvalue weighted by atomic mass is 16.5. The van der Waals surface area contributed by atoms with Gasteiger partial charge in [-0.1, -0.05) is 6.07 Å². The lowest BCUT2D eigenvalue weighted by atomic mass is 10.1. The smallest absolute Gasteiger partial charge is 0.212 e. The van der Waals surface area contributed by atoms with Gasteiger partial charge in [0.25, 0.3) is 0 Å². The number of methoxy groups -OCH3 is 1. The summed E-state index contributed by atoms with van der Waals surface area (Å²) in [6, 6.07) is 3.69. The van der Waals surface area contributed by atoms with Gasteiger partial charge in [0.1, 0.15) is 0 Å². The number of ether oxygens (including phenoxy) is 1. The Kier molecular flexibility index (Phi) is 3.05. The van der Waals surface area contributed by atoms with Crippen LogP contribution in [0.4, 0.5) is 0 Å². The highest BCUT2D eigenvalue weighted by Gasteiger charge is 1.99. The Morgan fingerprint density at radius 1 is 1.58 bits per heavy atom.